The second-order valence-electron chi connectivity index (χ2n) is 7.39. The Morgan fingerprint density at radius 1 is 1.00 bits per heavy atom. The predicted octanol–water partition coefficient (Wildman–Crippen LogP) is 2.49. The Labute approximate surface area is 177 Å². The number of hydrogen-bond donors (Lipinski definition) is 3. The summed E-state index contributed by atoms with van der Waals surface area (Å²) in [6.07, 6.45) is 0. The van der Waals surface area contributed by atoms with Gasteiger partial charge >= 0.3 is 0 Å². The number of anilines is 2. The second-order valence-corrected chi connectivity index (χ2v) is 7.39. The van der Waals surface area contributed by atoms with Crippen molar-refractivity contribution in [1.29, 1.82) is 0 Å². The van der Waals surface area contributed by atoms with E-state index < -0.39 is 23.6 Å². The van der Waals surface area contributed by atoms with Crippen LogP contribution in [-0.2, 0) is 0 Å². The number of nitrogens with two attached hydrogens (primary N) is 1. The van der Waals surface area contributed by atoms with Crippen LogP contribution in [0.3, 0.4) is 0 Å². The van der Waals surface area contributed by atoms with Gasteiger partial charge in [0.2, 0.25) is 0 Å². The van der Waals surface area contributed by atoms with E-state index in [0.29, 0.717) is 11.4 Å². The molecule has 2 aromatic carbocycles. The van der Waals surface area contributed by atoms with Crippen molar-refractivity contribution in [3.05, 3.63) is 75.6 Å². The normalized spacial score (nSPS) is 12.8. The molecule has 9 heteroatoms. The Kier molecular flexibility index (Phi) is 4.65. The minimum Gasteiger partial charge on any atom is -0.364 e. The summed E-state index contributed by atoms with van der Waals surface area (Å²) in [5.74, 6) is -2.30. The molecule has 0 radical (unpaired) electrons. The number of fused-ring (bicyclic) bond motifs is 1. The number of nitrogens with one attached hydrogen (secondary N) is 2. The third-order valence-corrected chi connectivity index (χ3v) is 5.17. The lowest BCUT2D eigenvalue weighted by molar-refractivity contribution is 0.0923. The van der Waals surface area contributed by atoms with Crippen molar-refractivity contribution in [2.75, 3.05) is 10.2 Å². The highest BCUT2D eigenvalue weighted by Gasteiger charge is 2.38. The summed E-state index contributed by atoms with van der Waals surface area (Å²) in [5.41, 5.74) is 8.52. The Hall–Kier alpha value is -4.27. The molecule has 156 valence electrons. The lowest BCUT2D eigenvalue weighted by Crippen LogP contribution is -2.30. The van der Waals surface area contributed by atoms with E-state index in [1.807, 2.05) is 26.0 Å². The Bertz CT molecular complexity index is 1290. The van der Waals surface area contributed by atoms with Crippen LogP contribution in [-0.4, -0.2) is 33.8 Å². The van der Waals surface area contributed by atoms with Crippen LogP contribution in [0.1, 0.15) is 58.4 Å². The molecule has 31 heavy (non-hydrogen) atoms. The van der Waals surface area contributed by atoms with E-state index in [9.17, 15) is 19.2 Å². The SMILES string of the molecule is Cc1ccc(C)c(N2C(=O)c3ccc(C(=O)Nc4c(C(N)=O)n[nH]c4C)cc3C2=O)c1. The van der Waals surface area contributed by atoms with Gasteiger partial charge in [-0.1, -0.05) is 12.1 Å². The van der Waals surface area contributed by atoms with Crippen molar-refractivity contribution in [2.24, 2.45) is 5.73 Å². The van der Waals surface area contributed by atoms with Crippen LogP contribution in [0.5, 0.6) is 0 Å². The minimum absolute atomic E-state index is 0.0978. The van der Waals surface area contributed by atoms with Crippen LogP contribution >= 0.6 is 0 Å². The molecule has 0 saturated heterocycles. The van der Waals surface area contributed by atoms with Gasteiger partial charge in [0.15, 0.2) is 5.69 Å². The Morgan fingerprint density at radius 3 is 2.42 bits per heavy atom. The summed E-state index contributed by atoms with van der Waals surface area (Å²) >= 11 is 0. The summed E-state index contributed by atoms with van der Waals surface area (Å²) in [6, 6.07) is 9.79. The molecule has 0 fully saturated rings. The zero-order valence-corrected chi connectivity index (χ0v) is 17.1. The average molecular weight is 417 g/mol. The molecule has 3 aromatic rings. The Balaban J connectivity index is 1.68. The van der Waals surface area contributed by atoms with Gasteiger partial charge in [0.1, 0.15) is 0 Å². The van der Waals surface area contributed by atoms with Gasteiger partial charge in [0.05, 0.1) is 28.2 Å². The molecule has 0 atom stereocenters. The molecule has 0 bridgehead atoms. The summed E-state index contributed by atoms with van der Waals surface area (Å²) in [7, 11) is 0. The molecule has 2 heterocycles. The predicted molar refractivity (Wildman–Crippen MR) is 113 cm³/mol. The van der Waals surface area contributed by atoms with E-state index in [0.717, 1.165) is 16.0 Å². The average Bonchev–Trinajstić information content (AvgIpc) is 3.21. The van der Waals surface area contributed by atoms with Crippen LogP contribution < -0.4 is 16.0 Å². The van der Waals surface area contributed by atoms with Gasteiger partial charge < -0.3 is 11.1 Å². The molecule has 0 spiro atoms. The van der Waals surface area contributed by atoms with Crippen LogP contribution in [0.25, 0.3) is 0 Å². The summed E-state index contributed by atoms with van der Waals surface area (Å²) in [5, 5.41) is 8.96. The summed E-state index contributed by atoms with van der Waals surface area (Å²) in [6.45, 7) is 5.32. The van der Waals surface area contributed by atoms with Gasteiger partial charge in [0.25, 0.3) is 23.6 Å². The number of hydrogen-bond acceptors (Lipinski definition) is 5. The summed E-state index contributed by atoms with van der Waals surface area (Å²) in [4.78, 5) is 51.4. The first-order valence-corrected chi connectivity index (χ1v) is 9.45. The maximum Gasteiger partial charge on any atom is 0.271 e. The quantitative estimate of drug-likeness (QED) is 0.560. The first-order chi connectivity index (χ1) is 14.7. The van der Waals surface area contributed by atoms with E-state index in [4.69, 9.17) is 5.73 Å². The third kappa shape index (κ3) is 3.25. The van der Waals surface area contributed by atoms with E-state index >= 15 is 0 Å². The zero-order valence-electron chi connectivity index (χ0n) is 17.1. The number of carbonyl (C=O) groups is 4. The number of primary amides is 1. The zero-order chi connectivity index (χ0) is 22.4. The number of amides is 4. The molecule has 9 nitrogen and oxygen atoms in total. The third-order valence-electron chi connectivity index (χ3n) is 5.17. The number of nitrogens with zero attached hydrogens (tertiary/aromatic N) is 2. The van der Waals surface area contributed by atoms with E-state index in [2.05, 4.69) is 15.5 Å². The molecule has 4 rings (SSSR count). The van der Waals surface area contributed by atoms with Crippen molar-refractivity contribution < 1.29 is 19.2 Å². The molecule has 1 aliphatic rings. The van der Waals surface area contributed by atoms with E-state index in [1.54, 1.807) is 13.0 Å². The van der Waals surface area contributed by atoms with E-state index in [-0.39, 0.29) is 28.1 Å². The molecule has 4 amide bonds. The molecular formula is C22H19N5O4. The van der Waals surface area contributed by atoms with Gasteiger partial charge in [-0.25, -0.2) is 4.90 Å². The maximum atomic E-state index is 13.1. The number of carbonyl (C=O) groups excluding carboxylic acids is 4. The van der Waals surface area contributed by atoms with Gasteiger partial charge in [0, 0.05) is 5.56 Å². The van der Waals surface area contributed by atoms with Crippen LogP contribution in [0.4, 0.5) is 11.4 Å². The lowest BCUT2D eigenvalue weighted by Gasteiger charge is -2.17. The number of H-pyrrole nitrogens is 1. The smallest absolute Gasteiger partial charge is 0.271 e. The van der Waals surface area contributed by atoms with Crippen molar-refractivity contribution in [2.45, 2.75) is 20.8 Å². The van der Waals surface area contributed by atoms with Gasteiger partial charge in [-0.05, 0) is 56.2 Å². The Morgan fingerprint density at radius 2 is 1.71 bits per heavy atom. The second kappa shape index (κ2) is 7.21. The number of aryl methyl sites for hydroxylation is 3. The summed E-state index contributed by atoms with van der Waals surface area (Å²) < 4.78 is 0. The minimum atomic E-state index is -0.793. The van der Waals surface area contributed by atoms with Gasteiger partial charge in [-0.2, -0.15) is 5.10 Å². The molecule has 0 aliphatic carbocycles. The first-order valence-electron chi connectivity index (χ1n) is 9.45. The molecule has 1 aromatic heterocycles. The number of aromatic nitrogens is 2. The highest BCUT2D eigenvalue weighted by molar-refractivity contribution is 6.35. The number of imide groups is 1. The monoisotopic (exact) mass is 417 g/mol. The molecule has 0 unspecified atom stereocenters. The first kappa shape index (κ1) is 20.0. The fraction of sp³-hybridized carbons (Fsp3) is 0.136. The lowest BCUT2D eigenvalue weighted by atomic mass is 10.1. The number of aromatic amines is 1. The van der Waals surface area contributed by atoms with E-state index in [1.165, 1.54) is 18.2 Å². The topological polar surface area (TPSA) is 138 Å². The standard InChI is InChI=1S/C22H19N5O4/c1-10-4-5-11(2)16(8-10)27-21(30)14-7-6-13(9-15(14)22(27)31)20(29)24-17-12(3)25-26-18(17)19(23)28/h4-9H,1-3H3,(H2,23,28)(H,24,29)(H,25,26). The fourth-order valence-electron chi connectivity index (χ4n) is 3.51. The highest BCUT2D eigenvalue weighted by Crippen LogP contribution is 2.32. The largest absolute Gasteiger partial charge is 0.364 e. The molecule has 0 saturated carbocycles. The molecule has 4 N–H and O–H groups in total. The maximum absolute atomic E-state index is 13.1. The van der Waals surface area contributed by atoms with Crippen molar-refractivity contribution in [3.8, 4) is 0 Å². The number of benzene rings is 2. The fourth-order valence-corrected chi connectivity index (χ4v) is 3.51. The van der Waals surface area contributed by atoms with Crippen molar-refractivity contribution in [1.82, 2.24) is 10.2 Å². The van der Waals surface area contributed by atoms with Crippen LogP contribution in [0, 0.1) is 20.8 Å². The van der Waals surface area contributed by atoms with Crippen molar-refractivity contribution in [3.63, 3.8) is 0 Å². The van der Waals surface area contributed by atoms with Gasteiger partial charge in [-0.15, -0.1) is 0 Å². The van der Waals surface area contributed by atoms with Gasteiger partial charge in [-0.3, -0.25) is 24.3 Å². The molecular weight excluding hydrogens is 398 g/mol. The number of rotatable bonds is 4. The highest BCUT2D eigenvalue weighted by atomic mass is 16.2. The van der Waals surface area contributed by atoms with Crippen LogP contribution in [0.15, 0.2) is 36.4 Å². The van der Waals surface area contributed by atoms with Crippen LogP contribution in [0.2, 0.25) is 0 Å². The molecule has 1 aliphatic heterocycles. The van der Waals surface area contributed by atoms with Crippen molar-refractivity contribution >= 4 is 35.0 Å².